The third-order valence-corrected chi connectivity index (χ3v) is 3.16. The summed E-state index contributed by atoms with van der Waals surface area (Å²) in [5, 5.41) is 11.9. The van der Waals surface area contributed by atoms with Crippen LogP contribution in [0.3, 0.4) is 0 Å². The molecule has 0 unspecified atom stereocenters. The summed E-state index contributed by atoms with van der Waals surface area (Å²) in [5.41, 5.74) is 1.70. The zero-order valence-corrected chi connectivity index (χ0v) is 12.4. The van der Waals surface area contributed by atoms with E-state index in [2.05, 4.69) is 11.4 Å². The maximum absolute atomic E-state index is 12.1. The molecule has 0 fully saturated rings. The third kappa shape index (κ3) is 3.36. The molecule has 112 valence electrons. The van der Waals surface area contributed by atoms with Crippen LogP contribution < -0.4 is 14.8 Å². The fourth-order valence-electron chi connectivity index (χ4n) is 2.11. The van der Waals surface area contributed by atoms with E-state index in [1.165, 1.54) is 14.2 Å². The number of hydrogen-bond acceptors (Lipinski definition) is 4. The molecule has 0 saturated carbocycles. The van der Waals surface area contributed by atoms with Crippen molar-refractivity contribution in [3.8, 4) is 17.6 Å². The van der Waals surface area contributed by atoms with E-state index in [9.17, 15) is 4.79 Å². The van der Waals surface area contributed by atoms with Crippen molar-refractivity contribution in [2.24, 2.45) is 0 Å². The minimum atomic E-state index is -0.191. The Labute approximate surface area is 129 Å². The second kappa shape index (κ2) is 7.14. The molecule has 5 heteroatoms. The first-order valence-electron chi connectivity index (χ1n) is 6.67. The van der Waals surface area contributed by atoms with Crippen LogP contribution in [0.1, 0.15) is 21.5 Å². The average Bonchev–Trinajstić information content (AvgIpc) is 2.59. The van der Waals surface area contributed by atoms with Gasteiger partial charge in [-0.05, 0) is 18.2 Å². The van der Waals surface area contributed by atoms with Crippen LogP contribution in [0.15, 0.2) is 42.5 Å². The molecule has 0 aromatic heterocycles. The molecule has 0 saturated heterocycles. The number of carbonyl (C=O) groups excluding carboxylic acids is 1. The molecule has 2 aromatic rings. The lowest BCUT2D eigenvalue weighted by atomic mass is 10.1. The van der Waals surface area contributed by atoms with Gasteiger partial charge >= 0.3 is 0 Å². The van der Waals surface area contributed by atoms with Crippen LogP contribution in [0.4, 0.5) is 0 Å². The van der Waals surface area contributed by atoms with Gasteiger partial charge in [-0.15, -0.1) is 0 Å². The Kier molecular flexibility index (Phi) is 4.99. The van der Waals surface area contributed by atoms with Crippen molar-refractivity contribution in [2.75, 3.05) is 14.2 Å². The zero-order valence-electron chi connectivity index (χ0n) is 12.4. The molecule has 0 atom stereocenters. The molecule has 0 aliphatic carbocycles. The number of nitrogens with one attached hydrogen (secondary N) is 1. The van der Waals surface area contributed by atoms with E-state index in [1.807, 2.05) is 6.07 Å². The van der Waals surface area contributed by atoms with Crippen molar-refractivity contribution < 1.29 is 14.3 Å². The molecule has 0 bridgehead atoms. The van der Waals surface area contributed by atoms with E-state index >= 15 is 0 Å². The number of methoxy groups -OCH3 is 2. The first kappa shape index (κ1) is 15.4. The zero-order chi connectivity index (χ0) is 15.9. The number of benzene rings is 2. The number of amides is 1. The minimum absolute atomic E-state index is 0.191. The Bertz CT molecular complexity index is 706. The van der Waals surface area contributed by atoms with Gasteiger partial charge < -0.3 is 14.8 Å². The van der Waals surface area contributed by atoms with Crippen molar-refractivity contribution in [2.45, 2.75) is 6.54 Å². The predicted molar refractivity (Wildman–Crippen MR) is 81.9 cm³/mol. The summed E-state index contributed by atoms with van der Waals surface area (Å²) in [4.78, 5) is 12.1. The topological polar surface area (TPSA) is 71.3 Å². The van der Waals surface area contributed by atoms with Gasteiger partial charge in [0.2, 0.25) is 0 Å². The lowest BCUT2D eigenvalue weighted by molar-refractivity contribution is 0.0950. The number of ether oxygens (including phenoxy) is 2. The van der Waals surface area contributed by atoms with Crippen molar-refractivity contribution in [3.63, 3.8) is 0 Å². The molecule has 0 aliphatic rings. The summed E-state index contributed by atoms with van der Waals surface area (Å²) in [6.45, 7) is 0.239. The maximum atomic E-state index is 12.1. The van der Waals surface area contributed by atoms with Gasteiger partial charge in [-0.25, -0.2) is 0 Å². The third-order valence-electron chi connectivity index (χ3n) is 3.16. The average molecular weight is 296 g/mol. The van der Waals surface area contributed by atoms with Crippen molar-refractivity contribution in [1.29, 1.82) is 5.26 Å². The van der Waals surface area contributed by atoms with E-state index in [1.54, 1.807) is 36.4 Å². The number of nitrogens with zero attached hydrogens (tertiary/aromatic N) is 1. The molecule has 0 radical (unpaired) electrons. The Morgan fingerprint density at radius 2 is 1.91 bits per heavy atom. The highest BCUT2D eigenvalue weighted by Crippen LogP contribution is 2.32. The number of nitriles is 1. The molecule has 2 rings (SSSR count). The SMILES string of the molecule is COc1cc(C#N)cc(CNC(=O)c2ccccc2)c1OC. The van der Waals surface area contributed by atoms with Crippen LogP contribution in [-0.4, -0.2) is 20.1 Å². The second-order valence-electron chi connectivity index (χ2n) is 4.53. The van der Waals surface area contributed by atoms with E-state index in [-0.39, 0.29) is 12.5 Å². The minimum Gasteiger partial charge on any atom is -0.493 e. The van der Waals surface area contributed by atoms with Gasteiger partial charge in [0.15, 0.2) is 11.5 Å². The molecular weight excluding hydrogens is 280 g/mol. The molecular formula is C17H16N2O3. The van der Waals surface area contributed by atoms with Gasteiger partial charge in [-0.1, -0.05) is 18.2 Å². The van der Waals surface area contributed by atoms with Crippen LogP contribution >= 0.6 is 0 Å². The van der Waals surface area contributed by atoms with Gasteiger partial charge in [0.05, 0.1) is 25.9 Å². The lowest BCUT2D eigenvalue weighted by Gasteiger charge is -2.14. The Balaban J connectivity index is 2.22. The van der Waals surface area contributed by atoms with Gasteiger partial charge in [0.25, 0.3) is 5.91 Å². The predicted octanol–water partition coefficient (Wildman–Crippen LogP) is 2.51. The summed E-state index contributed by atoms with van der Waals surface area (Å²) < 4.78 is 10.5. The number of rotatable bonds is 5. The quantitative estimate of drug-likeness (QED) is 0.920. The summed E-state index contributed by atoms with van der Waals surface area (Å²) in [6, 6.07) is 14.3. The summed E-state index contributed by atoms with van der Waals surface area (Å²) in [7, 11) is 3.03. The summed E-state index contributed by atoms with van der Waals surface area (Å²) in [5.74, 6) is 0.782. The van der Waals surface area contributed by atoms with Gasteiger partial charge in [0.1, 0.15) is 0 Å². The smallest absolute Gasteiger partial charge is 0.251 e. The molecule has 2 aromatic carbocycles. The van der Waals surface area contributed by atoms with E-state index in [0.29, 0.717) is 28.2 Å². The van der Waals surface area contributed by atoms with E-state index < -0.39 is 0 Å². The summed E-state index contributed by atoms with van der Waals surface area (Å²) in [6.07, 6.45) is 0. The molecule has 1 amide bonds. The Hall–Kier alpha value is -3.00. The summed E-state index contributed by atoms with van der Waals surface area (Å²) >= 11 is 0. The monoisotopic (exact) mass is 296 g/mol. The molecule has 5 nitrogen and oxygen atoms in total. The van der Waals surface area contributed by atoms with Crippen molar-refractivity contribution in [3.05, 3.63) is 59.2 Å². The molecule has 0 heterocycles. The number of hydrogen-bond donors (Lipinski definition) is 1. The Morgan fingerprint density at radius 3 is 2.50 bits per heavy atom. The van der Waals surface area contributed by atoms with E-state index in [4.69, 9.17) is 14.7 Å². The first-order valence-corrected chi connectivity index (χ1v) is 6.67. The van der Waals surface area contributed by atoms with Crippen LogP contribution in [0.25, 0.3) is 0 Å². The molecule has 22 heavy (non-hydrogen) atoms. The van der Waals surface area contributed by atoms with Gasteiger partial charge in [0, 0.05) is 23.7 Å². The van der Waals surface area contributed by atoms with Crippen molar-refractivity contribution >= 4 is 5.91 Å². The molecule has 1 N–H and O–H groups in total. The number of carbonyl (C=O) groups is 1. The first-order chi connectivity index (χ1) is 10.7. The van der Waals surface area contributed by atoms with Crippen LogP contribution in [-0.2, 0) is 6.54 Å². The standard InChI is InChI=1S/C17H16N2O3/c1-21-15-9-12(10-18)8-14(16(15)22-2)11-19-17(20)13-6-4-3-5-7-13/h3-9H,11H2,1-2H3,(H,19,20). The van der Waals surface area contributed by atoms with Crippen LogP contribution in [0.2, 0.25) is 0 Å². The fraction of sp³-hybridized carbons (Fsp3) is 0.176. The van der Waals surface area contributed by atoms with Crippen molar-refractivity contribution in [1.82, 2.24) is 5.32 Å². The molecule has 0 aliphatic heterocycles. The highest BCUT2D eigenvalue weighted by atomic mass is 16.5. The van der Waals surface area contributed by atoms with E-state index in [0.717, 1.165) is 0 Å². The highest BCUT2D eigenvalue weighted by Gasteiger charge is 2.13. The second-order valence-corrected chi connectivity index (χ2v) is 4.53. The van der Waals surface area contributed by atoms with Crippen LogP contribution in [0.5, 0.6) is 11.5 Å². The van der Waals surface area contributed by atoms with Gasteiger partial charge in [-0.2, -0.15) is 5.26 Å². The normalized spacial score (nSPS) is 9.68. The maximum Gasteiger partial charge on any atom is 0.251 e. The Morgan fingerprint density at radius 1 is 1.18 bits per heavy atom. The van der Waals surface area contributed by atoms with Crippen LogP contribution in [0, 0.1) is 11.3 Å². The molecule has 0 spiro atoms. The van der Waals surface area contributed by atoms with Gasteiger partial charge in [-0.3, -0.25) is 4.79 Å². The fourth-order valence-corrected chi connectivity index (χ4v) is 2.11. The largest absolute Gasteiger partial charge is 0.493 e. The highest BCUT2D eigenvalue weighted by molar-refractivity contribution is 5.94. The lowest BCUT2D eigenvalue weighted by Crippen LogP contribution is -2.23.